The number of hydrogen-bond donors (Lipinski definition) is 0. The highest BCUT2D eigenvalue weighted by Crippen LogP contribution is 2.38. The molecule has 0 aliphatic carbocycles. The number of halogens is 2. The zero-order valence-corrected chi connectivity index (χ0v) is 10.8. The van der Waals surface area contributed by atoms with Crippen molar-refractivity contribution in [2.24, 2.45) is 0 Å². The zero-order chi connectivity index (χ0) is 15.3. The maximum absolute atomic E-state index is 12.7. The van der Waals surface area contributed by atoms with Gasteiger partial charge >= 0.3 is 11.7 Å². The molecule has 0 bridgehead atoms. The number of hydrogen-bond acceptors (Lipinski definition) is 6. The molecule has 0 aliphatic heterocycles. The first-order chi connectivity index (χ1) is 9.42. The van der Waals surface area contributed by atoms with E-state index in [1.165, 1.54) is 0 Å². The number of aromatic nitrogens is 1. The lowest BCUT2D eigenvalue weighted by Crippen LogP contribution is -2.12. The Morgan fingerprint density at radius 3 is 2.65 bits per heavy atom. The molecule has 1 heterocycles. The molecule has 0 radical (unpaired) electrons. The average molecular weight is 290 g/mol. The fourth-order valence-electron chi connectivity index (χ4n) is 1.57. The Morgan fingerprint density at radius 2 is 2.20 bits per heavy atom. The molecule has 0 saturated carbocycles. The molecule has 0 aromatic carbocycles. The molecule has 20 heavy (non-hydrogen) atoms. The first kappa shape index (κ1) is 15.7. The van der Waals surface area contributed by atoms with Crippen molar-refractivity contribution in [1.82, 2.24) is 4.98 Å². The van der Waals surface area contributed by atoms with Gasteiger partial charge < -0.3 is 9.47 Å². The third kappa shape index (κ3) is 3.37. The summed E-state index contributed by atoms with van der Waals surface area (Å²) in [5.74, 6) is -1.14. The zero-order valence-electron chi connectivity index (χ0n) is 10.8. The summed E-state index contributed by atoms with van der Waals surface area (Å²) in [5, 5.41) is 10.9. The van der Waals surface area contributed by atoms with Gasteiger partial charge in [0.2, 0.25) is 5.75 Å². The van der Waals surface area contributed by atoms with Crippen molar-refractivity contribution in [2.75, 3.05) is 13.7 Å². The molecular weight excluding hydrogens is 278 g/mol. The van der Waals surface area contributed by atoms with Gasteiger partial charge in [0.15, 0.2) is 0 Å². The Labute approximate surface area is 112 Å². The number of esters is 1. The molecule has 0 aliphatic rings. The number of nitro groups is 1. The summed E-state index contributed by atoms with van der Waals surface area (Å²) < 4.78 is 34.9. The van der Waals surface area contributed by atoms with Gasteiger partial charge in [0.1, 0.15) is 11.3 Å². The molecule has 0 amide bonds. The van der Waals surface area contributed by atoms with E-state index in [4.69, 9.17) is 4.74 Å². The third-order valence-corrected chi connectivity index (χ3v) is 2.35. The van der Waals surface area contributed by atoms with Crippen LogP contribution in [0.3, 0.4) is 0 Å². The fourth-order valence-corrected chi connectivity index (χ4v) is 1.57. The van der Waals surface area contributed by atoms with Gasteiger partial charge in [-0.1, -0.05) is 0 Å². The highest BCUT2D eigenvalue weighted by Gasteiger charge is 2.30. The molecule has 0 N–H and O–H groups in total. The molecule has 110 valence electrons. The van der Waals surface area contributed by atoms with Crippen molar-refractivity contribution in [1.29, 1.82) is 0 Å². The van der Waals surface area contributed by atoms with Crippen molar-refractivity contribution in [2.45, 2.75) is 19.8 Å². The number of alkyl halides is 2. The quantitative estimate of drug-likeness (QED) is 0.452. The summed E-state index contributed by atoms with van der Waals surface area (Å²) in [7, 11) is 1.08. The van der Waals surface area contributed by atoms with E-state index in [0.29, 0.717) is 6.20 Å². The molecule has 1 aromatic rings. The van der Waals surface area contributed by atoms with Crippen LogP contribution in [0.5, 0.6) is 5.75 Å². The second-order valence-corrected chi connectivity index (χ2v) is 3.58. The molecule has 1 rings (SSSR count). The van der Waals surface area contributed by atoms with Gasteiger partial charge in [0.25, 0.3) is 6.43 Å². The lowest BCUT2D eigenvalue weighted by atomic mass is 10.1. The summed E-state index contributed by atoms with van der Waals surface area (Å²) in [6.45, 7) is 1.71. The van der Waals surface area contributed by atoms with Crippen molar-refractivity contribution in [3.63, 3.8) is 0 Å². The molecule has 0 atom stereocenters. The lowest BCUT2D eigenvalue weighted by molar-refractivity contribution is -0.387. The minimum Gasteiger partial charge on any atom is -0.489 e. The van der Waals surface area contributed by atoms with Crippen LogP contribution in [0.2, 0.25) is 0 Å². The number of nitrogens with zero attached hydrogens (tertiary/aromatic N) is 2. The standard InChI is InChI=1S/C11H12F2N2O5/c1-3-20-8(16)4-7-10(19-2)9(15(17)18)6(5-14-7)11(12)13/h5,11H,3-4H2,1-2H3. The Bertz CT molecular complexity index is 522. The smallest absolute Gasteiger partial charge is 0.323 e. The lowest BCUT2D eigenvalue weighted by Gasteiger charge is -2.10. The minimum atomic E-state index is -3.08. The first-order valence-electron chi connectivity index (χ1n) is 5.56. The largest absolute Gasteiger partial charge is 0.489 e. The highest BCUT2D eigenvalue weighted by atomic mass is 19.3. The van der Waals surface area contributed by atoms with Crippen LogP contribution in [0, 0.1) is 10.1 Å². The van der Waals surface area contributed by atoms with Crippen molar-refractivity contribution in [3.8, 4) is 5.75 Å². The van der Waals surface area contributed by atoms with Crippen LogP contribution in [-0.4, -0.2) is 29.6 Å². The number of pyridine rings is 1. The van der Waals surface area contributed by atoms with Gasteiger partial charge in [-0.05, 0) is 6.92 Å². The molecule has 7 nitrogen and oxygen atoms in total. The Kier molecular flexibility index (Phi) is 5.30. The normalized spacial score (nSPS) is 10.4. The SMILES string of the molecule is CCOC(=O)Cc1ncc(C(F)F)c([N+](=O)[O-])c1OC. The van der Waals surface area contributed by atoms with Crippen LogP contribution in [0.4, 0.5) is 14.5 Å². The van der Waals surface area contributed by atoms with Gasteiger partial charge in [0, 0.05) is 6.20 Å². The van der Waals surface area contributed by atoms with E-state index < -0.39 is 40.7 Å². The molecule has 0 spiro atoms. The Morgan fingerprint density at radius 1 is 1.55 bits per heavy atom. The topological polar surface area (TPSA) is 91.6 Å². The molecule has 0 fully saturated rings. The van der Waals surface area contributed by atoms with Crippen LogP contribution < -0.4 is 4.74 Å². The van der Waals surface area contributed by atoms with Crippen LogP contribution in [0.1, 0.15) is 24.6 Å². The van der Waals surface area contributed by atoms with Gasteiger partial charge in [-0.3, -0.25) is 19.9 Å². The van der Waals surface area contributed by atoms with E-state index in [2.05, 4.69) is 9.72 Å². The minimum absolute atomic E-state index is 0.123. The van der Waals surface area contributed by atoms with Crippen LogP contribution in [-0.2, 0) is 16.0 Å². The number of rotatable bonds is 6. The van der Waals surface area contributed by atoms with Crippen LogP contribution in [0.15, 0.2) is 6.20 Å². The number of carbonyl (C=O) groups excluding carboxylic acids is 1. The molecule has 0 saturated heterocycles. The molecule has 0 unspecified atom stereocenters. The Hall–Kier alpha value is -2.32. The highest BCUT2D eigenvalue weighted by molar-refractivity contribution is 5.74. The second-order valence-electron chi connectivity index (χ2n) is 3.58. The van der Waals surface area contributed by atoms with Crippen LogP contribution in [0.25, 0.3) is 0 Å². The third-order valence-electron chi connectivity index (χ3n) is 2.35. The van der Waals surface area contributed by atoms with E-state index in [-0.39, 0.29) is 12.3 Å². The predicted molar refractivity (Wildman–Crippen MR) is 62.7 cm³/mol. The summed E-state index contributed by atoms with van der Waals surface area (Å²) in [6, 6.07) is 0. The summed E-state index contributed by atoms with van der Waals surface area (Å²) >= 11 is 0. The van der Waals surface area contributed by atoms with Gasteiger partial charge in [-0.2, -0.15) is 0 Å². The monoisotopic (exact) mass is 290 g/mol. The van der Waals surface area contributed by atoms with Gasteiger partial charge in [0.05, 0.1) is 25.1 Å². The van der Waals surface area contributed by atoms with E-state index >= 15 is 0 Å². The second kappa shape index (κ2) is 6.73. The summed E-state index contributed by atoms with van der Waals surface area (Å²) in [5.41, 5.74) is -1.88. The van der Waals surface area contributed by atoms with Crippen LogP contribution >= 0.6 is 0 Å². The molecular formula is C11H12F2N2O5. The number of methoxy groups -OCH3 is 1. The van der Waals surface area contributed by atoms with Crippen molar-refractivity contribution >= 4 is 11.7 Å². The van der Waals surface area contributed by atoms with Gasteiger partial charge in [-0.25, -0.2) is 8.78 Å². The van der Waals surface area contributed by atoms with E-state index in [1.807, 2.05) is 0 Å². The average Bonchev–Trinajstić information content (AvgIpc) is 2.37. The van der Waals surface area contributed by atoms with E-state index in [0.717, 1.165) is 7.11 Å². The molecule has 1 aromatic heterocycles. The number of ether oxygens (including phenoxy) is 2. The Balaban J connectivity index is 3.30. The fraction of sp³-hybridized carbons (Fsp3) is 0.455. The first-order valence-corrected chi connectivity index (χ1v) is 5.56. The van der Waals surface area contributed by atoms with Crippen molar-refractivity contribution in [3.05, 3.63) is 27.6 Å². The summed E-state index contributed by atoms with van der Waals surface area (Å²) in [4.78, 5) is 24.9. The maximum Gasteiger partial charge on any atom is 0.323 e. The van der Waals surface area contributed by atoms with Gasteiger partial charge in [-0.15, -0.1) is 0 Å². The maximum atomic E-state index is 12.7. The van der Waals surface area contributed by atoms with E-state index in [9.17, 15) is 23.7 Å². The predicted octanol–water partition coefficient (Wildman–Crippen LogP) is 2.04. The summed E-state index contributed by atoms with van der Waals surface area (Å²) in [6.07, 6.45) is -2.81. The van der Waals surface area contributed by atoms with Crippen molar-refractivity contribution < 1.29 is 28.0 Å². The molecule has 9 heteroatoms. The van der Waals surface area contributed by atoms with E-state index in [1.54, 1.807) is 6.92 Å². The number of carbonyl (C=O) groups is 1.